The SMILES string of the molecule is O=C1CCC(N2Cc3ccc(S(=O)(=O)F)cc3C2=O)CN1. The molecule has 0 radical (unpaired) electrons. The molecular formula is C13H13FN2O4S. The second-order valence-electron chi connectivity index (χ2n) is 5.19. The fourth-order valence-corrected chi connectivity index (χ4v) is 3.22. The second kappa shape index (κ2) is 4.80. The number of carbonyl (C=O) groups is 2. The molecule has 112 valence electrons. The van der Waals surface area contributed by atoms with Crippen LogP contribution in [0.2, 0.25) is 0 Å². The number of halogens is 1. The molecule has 1 unspecified atom stereocenters. The molecule has 1 atom stereocenters. The van der Waals surface area contributed by atoms with Crippen molar-refractivity contribution in [2.45, 2.75) is 30.3 Å². The number of amides is 2. The highest BCUT2D eigenvalue weighted by molar-refractivity contribution is 7.86. The van der Waals surface area contributed by atoms with Gasteiger partial charge in [-0.1, -0.05) is 6.07 Å². The van der Waals surface area contributed by atoms with Crippen LogP contribution in [0.3, 0.4) is 0 Å². The van der Waals surface area contributed by atoms with Crippen LogP contribution in [-0.2, 0) is 21.6 Å². The average Bonchev–Trinajstić information content (AvgIpc) is 2.76. The first kappa shape index (κ1) is 14.0. The van der Waals surface area contributed by atoms with E-state index in [0.717, 1.165) is 12.1 Å². The summed E-state index contributed by atoms with van der Waals surface area (Å²) in [6.07, 6.45) is 0.925. The molecule has 0 bridgehead atoms. The summed E-state index contributed by atoms with van der Waals surface area (Å²) >= 11 is 0. The van der Waals surface area contributed by atoms with Crippen molar-refractivity contribution in [1.82, 2.24) is 10.2 Å². The molecule has 1 N–H and O–H groups in total. The molecule has 0 aliphatic carbocycles. The Balaban J connectivity index is 1.87. The van der Waals surface area contributed by atoms with E-state index in [0.29, 0.717) is 31.5 Å². The van der Waals surface area contributed by atoms with Gasteiger partial charge in [-0.15, -0.1) is 3.89 Å². The lowest BCUT2D eigenvalue weighted by Gasteiger charge is -2.31. The predicted molar refractivity (Wildman–Crippen MR) is 70.6 cm³/mol. The zero-order chi connectivity index (χ0) is 15.2. The number of fused-ring (bicyclic) bond motifs is 1. The summed E-state index contributed by atoms with van der Waals surface area (Å²) in [5.41, 5.74) is 0.884. The number of carbonyl (C=O) groups excluding carboxylic acids is 2. The third-order valence-corrected chi connectivity index (χ3v) is 4.69. The molecule has 3 rings (SSSR count). The van der Waals surface area contributed by atoms with E-state index in [4.69, 9.17) is 0 Å². The predicted octanol–water partition coefficient (Wildman–Crippen LogP) is 0.579. The number of benzene rings is 1. The lowest BCUT2D eigenvalue weighted by molar-refractivity contribution is -0.123. The van der Waals surface area contributed by atoms with E-state index in [2.05, 4.69) is 5.32 Å². The molecule has 2 heterocycles. The minimum atomic E-state index is -4.83. The van der Waals surface area contributed by atoms with Crippen molar-refractivity contribution < 1.29 is 21.9 Å². The maximum absolute atomic E-state index is 13.0. The minimum absolute atomic E-state index is 0.0405. The number of piperidine rings is 1. The third kappa shape index (κ3) is 2.51. The van der Waals surface area contributed by atoms with Crippen LogP contribution < -0.4 is 5.32 Å². The summed E-state index contributed by atoms with van der Waals surface area (Å²) in [7, 11) is -4.83. The van der Waals surface area contributed by atoms with Gasteiger partial charge in [0.1, 0.15) is 0 Å². The van der Waals surface area contributed by atoms with Gasteiger partial charge in [0.15, 0.2) is 0 Å². The normalized spacial score (nSPS) is 22.1. The zero-order valence-electron chi connectivity index (χ0n) is 11.0. The maximum Gasteiger partial charge on any atom is 0.332 e. The van der Waals surface area contributed by atoms with Crippen molar-refractivity contribution in [1.29, 1.82) is 0 Å². The van der Waals surface area contributed by atoms with Crippen LogP contribution in [-0.4, -0.2) is 37.7 Å². The van der Waals surface area contributed by atoms with Crippen molar-refractivity contribution in [2.24, 2.45) is 0 Å². The zero-order valence-corrected chi connectivity index (χ0v) is 11.8. The van der Waals surface area contributed by atoms with E-state index in [1.54, 1.807) is 4.90 Å². The molecule has 2 aliphatic heterocycles. The van der Waals surface area contributed by atoms with Gasteiger partial charge in [-0.05, 0) is 24.1 Å². The van der Waals surface area contributed by atoms with Crippen molar-refractivity contribution >= 4 is 22.0 Å². The number of hydrogen-bond acceptors (Lipinski definition) is 4. The molecule has 0 spiro atoms. The van der Waals surface area contributed by atoms with Gasteiger partial charge in [0, 0.05) is 25.1 Å². The van der Waals surface area contributed by atoms with Crippen LogP contribution in [0.25, 0.3) is 0 Å². The van der Waals surface area contributed by atoms with Gasteiger partial charge in [-0.25, -0.2) is 0 Å². The Morgan fingerprint density at radius 3 is 2.67 bits per heavy atom. The molecule has 1 saturated heterocycles. The fourth-order valence-electron chi connectivity index (χ4n) is 2.73. The summed E-state index contributed by atoms with van der Waals surface area (Å²) in [5.74, 6) is -0.363. The number of hydrogen-bond donors (Lipinski definition) is 1. The molecule has 1 aromatic carbocycles. The Bertz CT molecular complexity index is 722. The van der Waals surface area contributed by atoms with Crippen LogP contribution in [0.1, 0.15) is 28.8 Å². The Kier molecular flexibility index (Phi) is 3.20. The summed E-state index contributed by atoms with van der Waals surface area (Å²) < 4.78 is 34.9. The maximum atomic E-state index is 13.0. The number of nitrogens with one attached hydrogen (secondary N) is 1. The van der Waals surface area contributed by atoms with Crippen LogP contribution in [0, 0.1) is 0 Å². The molecule has 2 amide bonds. The first-order chi connectivity index (χ1) is 9.86. The molecule has 1 fully saturated rings. The number of nitrogens with zero attached hydrogens (tertiary/aromatic N) is 1. The molecule has 1 aromatic rings. The smallest absolute Gasteiger partial charge is 0.332 e. The molecule has 0 saturated carbocycles. The van der Waals surface area contributed by atoms with Crippen LogP contribution in [0.4, 0.5) is 3.89 Å². The third-order valence-electron chi connectivity index (χ3n) is 3.88. The Hall–Kier alpha value is -1.96. The summed E-state index contributed by atoms with van der Waals surface area (Å²) in [4.78, 5) is 24.6. The topological polar surface area (TPSA) is 83.6 Å². The lowest BCUT2D eigenvalue weighted by Crippen LogP contribution is -2.48. The van der Waals surface area contributed by atoms with Crippen LogP contribution in [0.5, 0.6) is 0 Å². The van der Waals surface area contributed by atoms with Crippen molar-refractivity contribution in [3.8, 4) is 0 Å². The fraction of sp³-hybridized carbons (Fsp3) is 0.385. The lowest BCUT2D eigenvalue weighted by atomic mass is 10.1. The van der Waals surface area contributed by atoms with E-state index in [1.807, 2.05) is 0 Å². The van der Waals surface area contributed by atoms with Crippen LogP contribution in [0.15, 0.2) is 23.1 Å². The van der Waals surface area contributed by atoms with Crippen LogP contribution >= 0.6 is 0 Å². The van der Waals surface area contributed by atoms with Gasteiger partial charge in [-0.3, -0.25) is 9.59 Å². The molecule has 8 heteroatoms. The Morgan fingerprint density at radius 2 is 2.05 bits per heavy atom. The van der Waals surface area contributed by atoms with Gasteiger partial charge in [0.05, 0.1) is 10.9 Å². The Labute approximate surface area is 121 Å². The van der Waals surface area contributed by atoms with Crippen molar-refractivity contribution in [3.63, 3.8) is 0 Å². The molecular weight excluding hydrogens is 299 g/mol. The Morgan fingerprint density at radius 1 is 1.29 bits per heavy atom. The summed E-state index contributed by atoms with van der Waals surface area (Å²) in [5, 5.41) is 2.70. The van der Waals surface area contributed by atoms with Crippen molar-refractivity contribution in [3.05, 3.63) is 29.3 Å². The standard InChI is InChI=1S/C13H13FN2O4S/c14-21(19,20)10-3-1-8-7-16(13(18)11(8)5-10)9-2-4-12(17)15-6-9/h1,3,5,9H,2,4,6-7H2,(H,15,17). The molecule has 21 heavy (non-hydrogen) atoms. The second-order valence-corrected chi connectivity index (χ2v) is 6.53. The highest BCUT2D eigenvalue weighted by Gasteiger charge is 2.35. The molecule has 0 aromatic heterocycles. The van der Waals surface area contributed by atoms with E-state index < -0.39 is 15.1 Å². The minimum Gasteiger partial charge on any atom is -0.354 e. The van der Waals surface area contributed by atoms with E-state index in [1.165, 1.54) is 6.07 Å². The van der Waals surface area contributed by atoms with E-state index in [-0.39, 0.29) is 23.4 Å². The summed E-state index contributed by atoms with van der Waals surface area (Å²) in [6, 6.07) is 3.58. The number of rotatable bonds is 2. The first-order valence-corrected chi connectivity index (χ1v) is 7.90. The van der Waals surface area contributed by atoms with Gasteiger partial charge < -0.3 is 10.2 Å². The van der Waals surface area contributed by atoms with Gasteiger partial charge in [-0.2, -0.15) is 8.42 Å². The van der Waals surface area contributed by atoms with E-state index in [9.17, 15) is 21.9 Å². The quantitative estimate of drug-likeness (QED) is 0.810. The molecule has 2 aliphatic rings. The highest BCUT2D eigenvalue weighted by Crippen LogP contribution is 2.29. The first-order valence-electron chi connectivity index (χ1n) is 6.51. The monoisotopic (exact) mass is 312 g/mol. The van der Waals surface area contributed by atoms with Gasteiger partial charge in [0.25, 0.3) is 5.91 Å². The van der Waals surface area contributed by atoms with Gasteiger partial charge in [0.2, 0.25) is 5.91 Å². The average molecular weight is 312 g/mol. The van der Waals surface area contributed by atoms with E-state index >= 15 is 0 Å². The summed E-state index contributed by atoms with van der Waals surface area (Å²) in [6.45, 7) is 0.730. The van der Waals surface area contributed by atoms with Crippen molar-refractivity contribution in [2.75, 3.05) is 6.54 Å². The largest absolute Gasteiger partial charge is 0.354 e. The highest BCUT2D eigenvalue weighted by atomic mass is 32.3. The van der Waals surface area contributed by atoms with Gasteiger partial charge >= 0.3 is 10.2 Å². The molecule has 6 nitrogen and oxygen atoms in total.